The van der Waals surface area contributed by atoms with Crippen LogP contribution >= 0.6 is 0 Å². The summed E-state index contributed by atoms with van der Waals surface area (Å²) in [4.78, 5) is 23.1. The van der Waals surface area contributed by atoms with E-state index < -0.39 is 0 Å². The molecule has 0 bridgehead atoms. The van der Waals surface area contributed by atoms with Gasteiger partial charge in [0.2, 0.25) is 5.91 Å². The van der Waals surface area contributed by atoms with Crippen molar-refractivity contribution in [3.63, 3.8) is 0 Å². The number of aromatic nitrogens is 2. The standard InChI is InChI=1S/C17H28N4O2/c1-4-15-18-11(2)16(20-15)13-9-21(3)10-14(13)17(22)19-12-5-7-23-8-6-12/h12-14H,4-10H2,1-3H3,(H,18,20)(H,19,22)/t13-,14-/m0/s1. The molecule has 6 nitrogen and oxygen atoms in total. The first-order valence-electron chi connectivity index (χ1n) is 8.70. The molecule has 2 N–H and O–H groups in total. The van der Waals surface area contributed by atoms with Gasteiger partial charge in [0, 0.05) is 50.4 Å². The third kappa shape index (κ3) is 3.58. The summed E-state index contributed by atoms with van der Waals surface area (Å²) >= 11 is 0. The van der Waals surface area contributed by atoms with E-state index in [1.54, 1.807) is 0 Å². The summed E-state index contributed by atoms with van der Waals surface area (Å²) in [6.45, 7) is 7.34. The van der Waals surface area contributed by atoms with Crippen molar-refractivity contribution < 1.29 is 9.53 Å². The number of imidazole rings is 1. The van der Waals surface area contributed by atoms with E-state index in [2.05, 4.69) is 36.1 Å². The molecule has 2 aliphatic heterocycles. The predicted octanol–water partition coefficient (Wildman–Crippen LogP) is 1.22. The van der Waals surface area contributed by atoms with Gasteiger partial charge in [0.15, 0.2) is 0 Å². The number of nitrogens with zero attached hydrogens (tertiary/aromatic N) is 2. The van der Waals surface area contributed by atoms with Crippen molar-refractivity contribution >= 4 is 5.91 Å². The van der Waals surface area contributed by atoms with Gasteiger partial charge in [0.05, 0.1) is 11.6 Å². The van der Waals surface area contributed by atoms with Crippen LogP contribution in [0.4, 0.5) is 0 Å². The highest BCUT2D eigenvalue weighted by atomic mass is 16.5. The van der Waals surface area contributed by atoms with Gasteiger partial charge in [-0.25, -0.2) is 4.98 Å². The van der Waals surface area contributed by atoms with Crippen molar-refractivity contribution in [2.24, 2.45) is 5.92 Å². The van der Waals surface area contributed by atoms with Crippen molar-refractivity contribution in [1.82, 2.24) is 20.2 Å². The lowest BCUT2D eigenvalue weighted by atomic mass is 9.90. The van der Waals surface area contributed by atoms with E-state index in [1.165, 1.54) is 0 Å². The Hall–Kier alpha value is -1.40. The molecule has 2 fully saturated rings. The number of hydrogen-bond donors (Lipinski definition) is 2. The van der Waals surface area contributed by atoms with E-state index in [1.807, 2.05) is 0 Å². The first-order chi connectivity index (χ1) is 11.1. The van der Waals surface area contributed by atoms with E-state index in [-0.39, 0.29) is 23.8 Å². The molecule has 2 atom stereocenters. The lowest BCUT2D eigenvalue weighted by molar-refractivity contribution is -0.126. The summed E-state index contributed by atoms with van der Waals surface area (Å²) in [6.07, 6.45) is 2.73. The minimum atomic E-state index is -0.0189. The number of likely N-dealkylation sites (N-methyl/N-ethyl adjacent to an activating group) is 1. The number of carbonyl (C=O) groups excluding carboxylic acids is 1. The predicted molar refractivity (Wildman–Crippen MR) is 88.4 cm³/mol. The molecule has 0 aromatic carbocycles. The van der Waals surface area contributed by atoms with Crippen molar-refractivity contribution in [2.45, 2.75) is 45.1 Å². The van der Waals surface area contributed by atoms with Gasteiger partial charge in [-0.2, -0.15) is 0 Å². The molecule has 0 saturated carbocycles. The molecule has 3 heterocycles. The van der Waals surface area contributed by atoms with Crippen LogP contribution in [0.25, 0.3) is 0 Å². The summed E-state index contributed by atoms with van der Waals surface area (Å²) in [5.41, 5.74) is 2.17. The Bertz CT molecular complexity index is 551. The van der Waals surface area contributed by atoms with E-state index in [4.69, 9.17) is 9.72 Å². The van der Waals surface area contributed by atoms with Crippen LogP contribution in [-0.4, -0.2) is 60.2 Å². The largest absolute Gasteiger partial charge is 0.381 e. The highest BCUT2D eigenvalue weighted by Gasteiger charge is 2.39. The van der Waals surface area contributed by atoms with Crippen molar-refractivity contribution in [1.29, 1.82) is 0 Å². The van der Waals surface area contributed by atoms with Gasteiger partial charge in [-0.15, -0.1) is 0 Å². The van der Waals surface area contributed by atoms with Crippen LogP contribution in [0, 0.1) is 12.8 Å². The average molecular weight is 320 g/mol. The molecule has 0 radical (unpaired) electrons. The second-order valence-corrected chi connectivity index (χ2v) is 6.88. The summed E-state index contributed by atoms with van der Waals surface area (Å²) < 4.78 is 5.37. The third-order valence-electron chi connectivity index (χ3n) is 5.06. The van der Waals surface area contributed by atoms with Crippen LogP contribution < -0.4 is 5.32 Å². The zero-order valence-electron chi connectivity index (χ0n) is 14.4. The Balaban J connectivity index is 1.73. The molecule has 2 saturated heterocycles. The average Bonchev–Trinajstić information content (AvgIpc) is 3.10. The maximum Gasteiger partial charge on any atom is 0.225 e. The molecule has 23 heavy (non-hydrogen) atoms. The lowest BCUT2D eigenvalue weighted by Crippen LogP contribution is -2.43. The topological polar surface area (TPSA) is 70.2 Å². The number of rotatable bonds is 4. The van der Waals surface area contributed by atoms with Crippen LogP contribution in [0.2, 0.25) is 0 Å². The number of ether oxygens (including phenoxy) is 1. The smallest absolute Gasteiger partial charge is 0.225 e. The number of amides is 1. The normalized spacial score (nSPS) is 26.6. The third-order valence-corrected chi connectivity index (χ3v) is 5.06. The lowest BCUT2D eigenvalue weighted by Gasteiger charge is -2.26. The second kappa shape index (κ2) is 7.01. The molecule has 1 aromatic rings. The van der Waals surface area contributed by atoms with Gasteiger partial charge < -0.3 is 19.9 Å². The number of carbonyl (C=O) groups is 1. The molecule has 6 heteroatoms. The first kappa shape index (κ1) is 16.5. The van der Waals surface area contributed by atoms with Crippen LogP contribution in [0.3, 0.4) is 0 Å². The molecule has 0 unspecified atom stereocenters. The van der Waals surface area contributed by atoms with Crippen LogP contribution in [0.15, 0.2) is 0 Å². The fourth-order valence-electron chi connectivity index (χ4n) is 3.76. The van der Waals surface area contributed by atoms with Gasteiger partial charge >= 0.3 is 0 Å². The minimum Gasteiger partial charge on any atom is -0.381 e. The van der Waals surface area contributed by atoms with Crippen molar-refractivity contribution in [3.05, 3.63) is 17.2 Å². The summed E-state index contributed by atoms with van der Waals surface area (Å²) in [5, 5.41) is 3.24. The Morgan fingerprint density at radius 3 is 2.78 bits per heavy atom. The molecule has 1 aromatic heterocycles. The van der Waals surface area contributed by atoms with Gasteiger partial charge in [-0.1, -0.05) is 6.92 Å². The number of aromatic amines is 1. The molecular weight excluding hydrogens is 292 g/mol. The second-order valence-electron chi connectivity index (χ2n) is 6.88. The van der Waals surface area contributed by atoms with E-state index >= 15 is 0 Å². The molecular formula is C17H28N4O2. The molecule has 1 amide bonds. The van der Waals surface area contributed by atoms with Crippen LogP contribution in [0.5, 0.6) is 0 Å². The fraction of sp³-hybridized carbons (Fsp3) is 0.765. The quantitative estimate of drug-likeness (QED) is 0.875. The summed E-state index contributed by atoms with van der Waals surface area (Å²) in [7, 11) is 2.08. The SMILES string of the molecule is CCc1nc([C@H]2CN(C)C[C@@H]2C(=O)NC2CCOCC2)c(C)[nH]1. The summed E-state index contributed by atoms with van der Waals surface area (Å²) in [5.74, 6) is 1.34. The van der Waals surface area contributed by atoms with Crippen molar-refractivity contribution in [3.8, 4) is 0 Å². The van der Waals surface area contributed by atoms with E-state index in [0.29, 0.717) is 0 Å². The molecule has 3 rings (SSSR count). The zero-order chi connectivity index (χ0) is 16.4. The van der Waals surface area contributed by atoms with E-state index in [9.17, 15) is 4.79 Å². The molecule has 128 valence electrons. The highest BCUT2D eigenvalue weighted by molar-refractivity contribution is 5.80. The number of nitrogens with one attached hydrogen (secondary N) is 2. The molecule has 0 aliphatic carbocycles. The van der Waals surface area contributed by atoms with Crippen molar-refractivity contribution in [2.75, 3.05) is 33.4 Å². The van der Waals surface area contributed by atoms with Gasteiger partial charge in [-0.3, -0.25) is 4.79 Å². The summed E-state index contributed by atoms with van der Waals surface area (Å²) in [6, 6.07) is 0.259. The van der Waals surface area contributed by atoms with Gasteiger partial charge in [-0.05, 0) is 26.8 Å². The Labute approximate surface area is 138 Å². The Morgan fingerprint density at radius 2 is 2.13 bits per heavy atom. The molecule has 0 spiro atoms. The Kier molecular flexibility index (Phi) is 5.02. The fourth-order valence-corrected chi connectivity index (χ4v) is 3.76. The zero-order valence-corrected chi connectivity index (χ0v) is 14.4. The number of H-pyrrole nitrogens is 1. The molecule has 2 aliphatic rings. The first-order valence-corrected chi connectivity index (χ1v) is 8.70. The number of aryl methyl sites for hydroxylation is 2. The number of hydrogen-bond acceptors (Lipinski definition) is 4. The maximum absolute atomic E-state index is 12.8. The monoisotopic (exact) mass is 320 g/mol. The minimum absolute atomic E-state index is 0.0189. The van der Waals surface area contributed by atoms with E-state index in [0.717, 1.165) is 62.8 Å². The van der Waals surface area contributed by atoms with Gasteiger partial charge in [0.25, 0.3) is 0 Å². The van der Waals surface area contributed by atoms with Gasteiger partial charge in [0.1, 0.15) is 5.82 Å². The van der Waals surface area contributed by atoms with Crippen LogP contribution in [0.1, 0.15) is 42.9 Å². The Morgan fingerprint density at radius 1 is 1.39 bits per heavy atom. The number of likely N-dealkylation sites (tertiary alicyclic amines) is 1. The highest BCUT2D eigenvalue weighted by Crippen LogP contribution is 2.33. The maximum atomic E-state index is 12.8. The van der Waals surface area contributed by atoms with Crippen LogP contribution in [-0.2, 0) is 16.0 Å².